The number of halogens is 3. The zero-order valence-electron chi connectivity index (χ0n) is 7.83. The molecule has 0 aromatic carbocycles. The summed E-state index contributed by atoms with van der Waals surface area (Å²) in [4.78, 5) is 10.8. The van der Waals surface area contributed by atoms with Crippen molar-refractivity contribution >= 4 is 5.97 Å². The number of ether oxygens (including phenoxy) is 1. The maximum Gasteiger partial charge on any atom is 0.394 e. The Morgan fingerprint density at radius 3 is 2.33 bits per heavy atom. The SMILES string of the molecule is O=C(O)[C@@H]1[C@@H](C2CC2)OC[C@H]1C(F)(F)F. The molecule has 0 aromatic rings. The van der Waals surface area contributed by atoms with Crippen LogP contribution in [0.5, 0.6) is 0 Å². The highest BCUT2D eigenvalue weighted by Gasteiger charge is 2.58. The summed E-state index contributed by atoms with van der Waals surface area (Å²) in [5.41, 5.74) is 0. The molecule has 1 N–H and O–H groups in total. The Morgan fingerprint density at radius 2 is 1.93 bits per heavy atom. The van der Waals surface area contributed by atoms with E-state index in [0.717, 1.165) is 12.8 Å². The van der Waals surface area contributed by atoms with Crippen molar-refractivity contribution in [3.8, 4) is 0 Å². The van der Waals surface area contributed by atoms with Gasteiger partial charge in [0, 0.05) is 0 Å². The second kappa shape index (κ2) is 3.37. The third-order valence-electron chi connectivity index (χ3n) is 3.05. The van der Waals surface area contributed by atoms with Gasteiger partial charge in [0.2, 0.25) is 0 Å². The van der Waals surface area contributed by atoms with Crippen LogP contribution in [0.3, 0.4) is 0 Å². The maximum absolute atomic E-state index is 12.5. The molecule has 86 valence electrons. The minimum atomic E-state index is -4.48. The summed E-state index contributed by atoms with van der Waals surface area (Å²) in [5.74, 6) is -4.65. The molecule has 0 radical (unpaired) electrons. The van der Waals surface area contributed by atoms with Gasteiger partial charge < -0.3 is 9.84 Å². The van der Waals surface area contributed by atoms with E-state index in [1.54, 1.807) is 0 Å². The average molecular weight is 224 g/mol. The molecule has 2 fully saturated rings. The van der Waals surface area contributed by atoms with Crippen LogP contribution in [0.4, 0.5) is 13.2 Å². The van der Waals surface area contributed by atoms with E-state index < -0.39 is 36.7 Å². The first-order chi connectivity index (χ1) is 6.91. The standard InChI is InChI=1S/C9H11F3O3/c10-9(11,12)5-3-15-7(4-1-2-4)6(5)8(13)14/h4-7H,1-3H2,(H,13,14)/t5-,6+,7-/m1/s1. The molecule has 0 amide bonds. The van der Waals surface area contributed by atoms with Gasteiger partial charge in [-0.2, -0.15) is 13.2 Å². The number of aliphatic carboxylic acids is 1. The lowest BCUT2D eigenvalue weighted by Gasteiger charge is -2.20. The van der Waals surface area contributed by atoms with Crippen LogP contribution in [0.1, 0.15) is 12.8 Å². The van der Waals surface area contributed by atoms with Crippen LogP contribution in [-0.2, 0) is 9.53 Å². The normalized spacial score (nSPS) is 36.9. The zero-order chi connectivity index (χ0) is 11.2. The third-order valence-corrected chi connectivity index (χ3v) is 3.05. The van der Waals surface area contributed by atoms with Gasteiger partial charge in [-0.05, 0) is 18.8 Å². The predicted octanol–water partition coefficient (Wildman–Crippen LogP) is 1.67. The molecule has 1 saturated carbocycles. The number of alkyl halides is 3. The van der Waals surface area contributed by atoms with Crippen molar-refractivity contribution in [1.29, 1.82) is 0 Å². The molecule has 6 heteroatoms. The largest absolute Gasteiger partial charge is 0.481 e. The Balaban J connectivity index is 2.16. The molecule has 0 unspecified atom stereocenters. The number of hydrogen-bond donors (Lipinski definition) is 1. The quantitative estimate of drug-likeness (QED) is 0.776. The summed E-state index contributed by atoms with van der Waals surface area (Å²) >= 11 is 0. The molecule has 1 saturated heterocycles. The lowest BCUT2D eigenvalue weighted by atomic mass is 9.88. The average Bonchev–Trinajstić information content (AvgIpc) is 2.81. The van der Waals surface area contributed by atoms with Crippen LogP contribution in [0.2, 0.25) is 0 Å². The summed E-state index contributed by atoms with van der Waals surface area (Å²) in [5, 5.41) is 8.81. The van der Waals surface area contributed by atoms with Gasteiger partial charge in [-0.1, -0.05) is 0 Å². The summed E-state index contributed by atoms with van der Waals surface area (Å²) in [6, 6.07) is 0. The molecule has 3 nitrogen and oxygen atoms in total. The van der Waals surface area contributed by atoms with Gasteiger partial charge in [0.1, 0.15) is 0 Å². The first kappa shape index (κ1) is 10.7. The second-order valence-electron chi connectivity index (χ2n) is 4.15. The number of carboxylic acids is 1. The van der Waals surface area contributed by atoms with Gasteiger partial charge in [-0.25, -0.2) is 0 Å². The van der Waals surface area contributed by atoms with Crippen LogP contribution < -0.4 is 0 Å². The maximum atomic E-state index is 12.5. The number of carboxylic acid groups (broad SMARTS) is 1. The molecule has 1 aliphatic heterocycles. The van der Waals surface area contributed by atoms with Gasteiger partial charge >= 0.3 is 12.1 Å². The molecule has 1 heterocycles. The fourth-order valence-corrected chi connectivity index (χ4v) is 2.12. The Labute approximate surface area is 84.2 Å². The van der Waals surface area contributed by atoms with E-state index in [9.17, 15) is 18.0 Å². The summed E-state index contributed by atoms with van der Waals surface area (Å²) in [6.45, 7) is -0.512. The van der Waals surface area contributed by atoms with Crippen molar-refractivity contribution in [2.24, 2.45) is 17.8 Å². The Morgan fingerprint density at radius 1 is 1.33 bits per heavy atom. The smallest absolute Gasteiger partial charge is 0.394 e. The highest BCUT2D eigenvalue weighted by Crippen LogP contribution is 2.47. The Kier molecular flexibility index (Phi) is 2.41. The fourth-order valence-electron chi connectivity index (χ4n) is 2.12. The Bertz CT molecular complexity index is 272. The first-order valence-electron chi connectivity index (χ1n) is 4.82. The Hall–Kier alpha value is -0.780. The van der Waals surface area contributed by atoms with Crippen molar-refractivity contribution < 1.29 is 27.8 Å². The van der Waals surface area contributed by atoms with Gasteiger partial charge in [-0.3, -0.25) is 4.79 Å². The highest BCUT2D eigenvalue weighted by atomic mass is 19.4. The predicted molar refractivity (Wildman–Crippen MR) is 43.1 cm³/mol. The van der Waals surface area contributed by atoms with Crippen LogP contribution in [0, 0.1) is 17.8 Å². The number of hydrogen-bond acceptors (Lipinski definition) is 2. The fraction of sp³-hybridized carbons (Fsp3) is 0.889. The van der Waals surface area contributed by atoms with Gasteiger partial charge in [0.15, 0.2) is 0 Å². The summed E-state index contributed by atoms with van der Waals surface area (Å²) in [6.07, 6.45) is -3.67. The van der Waals surface area contributed by atoms with Crippen molar-refractivity contribution in [3.63, 3.8) is 0 Å². The van der Waals surface area contributed by atoms with Crippen LogP contribution in [0.15, 0.2) is 0 Å². The van der Waals surface area contributed by atoms with Crippen LogP contribution in [0.25, 0.3) is 0 Å². The van der Waals surface area contributed by atoms with Crippen molar-refractivity contribution in [2.75, 3.05) is 6.61 Å². The highest BCUT2D eigenvalue weighted by molar-refractivity contribution is 5.71. The lowest BCUT2D eigenvalue weighted by Crippen LogP contribution is -2.37. The van der Waals surface area contributed by atoms with Crippen molar-refractivity contribution in [1.82, 2.24) is 0 Å². The molecule has 1 aliphatic carbocycles. The van der Waals surface area contributed by atoms with Crippen molar-refractivity contribution in [2.45, 2.75) is 25.1 Å². The van der Waals surface area contributed by atoms with Crippen molar-refractivity contribution in [3.05, 3.63) is 0 Å². The van der Waals surface area contributed by atoms with E-state index in [-0.39, 0.29) is 5.92 Å². The molecule has 2 rings (SSSR count). The minimum Gasteiger partial charge on any atom is -0.481 e. The van der Waals surface area contributed by atoms with Crippen LogP contribution >= 0.6 is 0 Å². The van der Waals surface area contributed by atoms with Gasteiger partial charge in [0.05, 0.1) is 24.5 Å². The van der Waals surface area contributed by atoms with E-state index in [4.69, 9.17) is 9.84 Å². The molecule has 15 heavy (non-hydrogen) atoms. The minimum absolute atomic E-state index is 0.0125. The van der Waals surface area contributed by atoms with Gasteiger partial charge in [0.25, 0.3) is 0 Å². The number of rotatable bonds is 2. The molecule has 0 bridgehead atoms. The van der Waals surface area contributed by atoms with E-state index >= 15 is 0 Å². The molecule has 0 aromatic heterocycles. The van der Waals surface area contributed by atoms with E-state index in [2.05, 4.69) is 0 Å². The molecule has 0 spiro atoms. The first-order valence-corrected chi connectivity index (χ1v) is 4.82. The molecule has 2 aliphatic rings. The van der Waals surface area contributed by atoms with E-state index in [1.807, 2.05) is 0 Å². The van der Waals surface area contributed by atoms with Gasteiger partial charge in [-0.15, -0.1) is 0 Å². The number of carbonyl (C=O) groups is 1. The molecular weight excluding hydrogens is 213 g/mol. The van der Waals surface area contributed by atoms with E-state index in [0.29, 0.717) is 0 Å². The van der Waals surface area contributed by atoms with E-state index in [1.165, 1.54) is 0 Å². The summed E-state index contributed by atoms with van der Waals surface area (Å²) < 4.78 is 42.4. The lowest BCUT2D eigenvalue weighted by molar-refractivity contribution is -0.190. The van der Waals surface area contributed by atoms with Crippen LogP contribution in [-0.4, -0.2) is 30.0 Å². The molecular formula is C9H11F3O3. The second-order valence-corrected chi connectivity index (χ2v) is 4.15. The topological polar surface area (TPSA) is 46.5 Å². The monoisotopic (exact) mass is 224 g/mol. The summed E-state index contributed by atoms with van der Waals surface area (Å²) in [7, 11) is 0. The third kappa shape index (κ3) is 1.95. The molecule has 3 atom stereocenters. The zero-order valence-corrected chi connectivity index (χ0v) is 7.83.